The predicted octanol–water partition coefficient (Wildman–Crippen LogP) is 3.16. The largest absolute Gasteiger partial charge is 0.496 e. The van der Waals surface area contributed by atoms with E-state index in [1.807, 2.05) is 45.2 Å². The third-order valence-electron chi connectivity index (χ3n) is 5.88. The first-order valence-corrected chi connectivity index (χ1v) is 10.5. The molecule has 1 fully saturated rings. The summed E-state index contributed by atoms with van der Waals surface area (Å²) >= 11 is 0. The molecule has 158 valence electrons. The summed E-state index contributed by atoms with van der Waals surface area (Å²) in [5, 5.41) is 8.45. The number of carbonyl (C=O) groups excluding carboxylic acids is 1. The number of methoxy groups -OCH3 is 1. The molecule has 1 saturated heterocycles. The molecule has 3 aromatic rings. The predicted molar refractivity (Wildman–Crippen MR) is 117 cm³/mol. The Kier molecular flexibility index (Phi) is 5.72. The molecule has 1 aliphatic heterocycles. The summed E-state index contributed by atoms with van der Waals surface area (Å²) < 4.78 is 7.34. The maximum atomic E-state index is 13.3. The quantitative estimate of drug-likeness (QED) is 0.680. The van der Waals surface area contributed by atoms with Crippen molar-refractivity contribution in [3.05, 3.63) is 52.8 Å². The summed E-state index contributed by atoms with van der Waals surface area (Å²) in [6, 6.07) is 9.99. The molecule has 0 spiro atoms. The van der Waals surface area contributed by atoms with Crippen LogP contribution in [0.2, 0.25) is 0 Å². The summed E-state index contributed by atoms with van der Waals surface area (Å²) in [4.78, 5) is 20.2. The van der Waals surface area contributed by atoms with Gasteiger partial charge in [0.2, 0.25) is 0 Å². The Bertz CT molecular complexity index is 1070. The SMILES string of the molecule is COc1ccccc1C(CNC(=O)c1cc(C)nc2c1c(C)nn2C)N1CCCC1. The number of nitrogens with zero attached hydrogens (tertiary/aromatic N) is 4. The molecule has 7 heteroatoms. The Morgan fingerprint density at radius 2 is 1.97 bits per heavy atom. The Labute approximate surface area is 177 Å². The van der Waals surface area contributed by atoms with E-state index < -0.39 is 0 Å². The van der Waals surface area contributed by atoms with E-state index in [-0.39, 0.29) is 11.9 Å². The van der Waals surface area contributed by atoms with Crippen LogP contribution in [0.3, 0.4) is 0 Å². The van der Waals surface area contributed by atoms with E-state index in [1.165, 1.54) is 12.8 Å². The highest BCUT2D eigenvalue weighted by atomic mass is 16.5. The van der Waals surface area contributed by atoms with E-state index in [2.05, 4.69) is 26.4 Å². The van der Waals surface area contributed by atoms with Gasteiger partial charge in [0, 0.05) is 24.8 Å². The number of hydrogen-bond acceptors (Lipinski definition) is 5. The molecule has 0 radical (unpaired) electrons. The van der Waals surface area contributed by atoms with Crippen molar-refractivity contribution >= 4 is 16.9 Å². The Hall–Kier alpha value is -2.93. The topological polar surface area (TPSA) is 72.3 Å². The number of hydrogen-bond donors (Lipinski definition) is 1. The third-order valence-corrected chi connectivity index (χ3v) is 5.88. The van der Waals surface area contributed by atoms with Crippen molar-refractivity contribution in [2.24, 2.45) is 7.05 Å². The van der Waals surface area contributed by atoms with Crippen LogP contribution in [0.25, 0.3) is 11.0 Å². The van der Waals surface area contributed by atoms with E-state index in [9.17, 15) is 4.79 Å². The second kappa shape index (κ2) is 8.44. The first kappa shape index (κ1) is 20.3. The first-order valence-electron chi connectivity index (χ1n) is 10.5. The van der Waals surface area contributed by atoms with Gasteiger partial charge in [0.25, 0.3) is 5.91 Å². The monoisotopic (exact) mass is 407 g/mol. The van der Waals surface area contributed by atoms with Gasteiger partial charge in [-0.2, -0.15) is 5.10 Å². The fourth-order valence-electron chi connectivity index (χ4n) is 4.46. The Morgan fingerprint density at radius 3 is 2.70 bits per heavy atom. The van der Waals surface area contributed by atoms with Crippen molar-refractivity contribution in [3.8, 4) is 5.75 Å². The number of benzene rings is 1. The maximum Gasteiger partial charge on any atom is 0.252 e. The molecule has 30 heavy (non-hydrogen) atoms. The van der Waals surface area contributed by atoms with Crippen LogP contribution in [0.4, 0.5) is 0 Å². The minimum absolute atomic E-state index is 0.0704. The van der Waals surface area contributed by atoms with Crippen molar-refractivity contribution in [1.82, 2.24) is 25.0 Å². The Balaban J connectivity index is 1.63. The summed E-state index contributed by atoms with van der Waals surface area (Å²) in [5.41, 5.74) is 4.08. The van der Waals surface area contributed by atoms with Gasteiger partial charge in [0.05, 0.1) is 29.8 Å². The lowest BCUT2D eigenvalue weighted by atomic mass is 10.0. The number of fused-ring (bicyclic) bond motifs is 1. The zero-order chi connectivity index (χ0) is 21.3. The van der Waals surface area contributed by atoms with Crippen LogP contribution in [0.15, 0.2) is 30.3 Å². The van der Waals surface area contributed by atoms with Gasteiger partial charge in [-0.25, -0.2) is 4.98 Å². The minimum atomic E-state index is -0.0966. The van der Waals surface area contributed by atoms with E-state index in [0.717, 1.165) is 46.8 Å². The van der Waals surface area contributed by atoms with Gasteiger partial charge < -0.3 is 10.1 Å². The number of likely N-dealkylation sites (tertiary alicyclic amines) is 1. The molecular weight excluding hydrogens is 378 g/mol. The minimum Gasteiger partial charge on any atom is -0.496 e. The van der Waals surface area contributed by atoms with Crippen molar-refractivity contribution in [2.45, 2.75) is 32.7 Å². The average Bonchev–Trinajstić information content (AvgIpc) is 3.36. The van der Waals surface area contributed by atoms with Crippen molar-refractivity contribution < 1.29 is 9.53 Å². The molecule has 3 heterocycles. The van der Waals surface area contributed by atoms with Gasteiger partial charge in [-0.3, -0.25) is 14.4 Å². The number of amides is 1. The van der Waals surface area contributed by atoms with Gasteiger partial charge in [-0.1, -0.05) is 18.2 Å². The van der Waals surface area contributed by atoms with Crippen molar-refractivity contribution in [2.75, 3.05) is 26.7 Å². The van der Waals surface area contributed by atoms with Crippen molar-refractivity contribution in [1.29, 1.82) is 0 Å². The molecule has 1 aliphatic rings. The zero-order valence-electron chi connectivity index (χ0n) is 18.1. The van der Waals surface area contributed by atoms with E-state index in [4.69, 9.17) is 4.74 Å². The van der Waals surface area contributed by atoms with Crippen LogP contribution in [-0.4, -0.2) is 52.3 Å². The molecule has 1 N–H and O–H groups in total. The van der Waals surface area contributed by atoms with Gasteiger partial charge >= 0.3 is 0 Å². The van der Waals surface area contributed by atoms with Crippen molar-refractivity contribution in [3.63, 3.8) is 0 Å². The number of carbonyl (C=O) groups is 1. The van der Waals surface area contributed by atoms with Crippen LogP contribution >= 0.6 is 0 Å². The van der Waals surface area contributed by atoms with Crippen LogP contribution in [0.5, 0.6) is 5.75 Å². The maximum absolute atomic E-state index is 13.3. The number of aromatic nitrogens is 3. The summed E-state index contributed by atoms with van der Waals surface area (Å²) in [6.07, 6.45) is 2.36. The first-order chi connectivity index (χ1) is 14.5. The normalized spacial score (nSPS) is 15.5. The molecule has 4 rings (SSSR count). The molecule has 1 amide bonds. The van der Waals surface area contributed by atoms with Gasteiger partial charge in [0.15, 0.2) is 5.65 Å². The van der Waals surface area contributed by atoms with Gasteiger partial charge in [-0.05, 0) is 51.9 Å². The van der Waals surface area contributed by atoms with E-state index in [0.29, 0.717) is 12.1 Å². The zero-order valence-corrected chi connectivity index (χ0v) is 18.1. The molecule has 1 atom stereocenters. The lowest BCUT2D eigenvalue weighted by Crippen LogP contribution is -2.37. The van der Waals surface area contributed by atoms with E-state index >= 15 is 0 Å². The van der Waals surface area contributed by atoms with E-state index in [1.54, 1.807) is 11.8 Å². The number of rotatable bonds is 6. The molecular formula is C23H29N5O2. The highest BCUT2D eigenvalue weighted by Crippen LogP contribution is 2.31. The van der Waals surface area contributed by atoms with Gasteiger partial charge in [0.1, 0.15) is 5.75 Å². The molecule has 0 bridgehead atoms. The third kappa shape index (κ3) is 3.77. The lowest BCUT2D eigenvalue weighted by Gasteiger charge is -2.29. The molecule has 2 aromatic heterocycles. The Morgan fingerprint density at radius 1 is 1.23 bits per heavy atom. The number of ether oxygens (including phenoxy) is 1. The number of para-hydroxylation sites is 1. The second-order valence-corrected chi connectivity index (χ2v) is 7.93. The smallest absolute Gasteiger partial charge is 0.252 e. The fourth-order valence-corrected chi connectivity index (χ4v) is 4.46. The molecule has 1 aromatic carbocycles. The number of nitrogens with one attached hydrogen (secondary N) is 1. The van der Waals surface area contributed by atoms with Crippen LogP contribution in [0, 0.1) is 13.8 Å². The highest BCUT2D eigenvalue weighted by molar-refractivity contribution is 6.06. The average molecular weight is 408 g/mol. The summed E-state index contributed by atoms with van der Waals surface area (Å²) in [7, 11) is 3.55. The van der Waals surface area contributed by atoms with Crippen LogP contribution in [-0.2, 0) is 7.05 Å². The number of aryl methyl sites for hydroxylation is 3. The van der Waals surface area contributed by atoms with Crippen LogP contribution in [0.1, 0.15) is 46.2 Å². The standard InChI is InChI=1S/C23H29N5O2/c1-15-13-18(21-16(2)26-27(3)22(21)25-15)23(29)24-14-19(28-11-7-8-12-28)17-9-5-6-10-20(17)30-4/h5-6,9-10,13,19H,7-8,11-12,14H2,1-4H3,(H,24,29). The van der Waals surface area contributed by atoms with Gasteiger partial charge in [-0.15, -0.1) is 0 Å². The van der Waals surface area contributed by atoms with Crippen LogP contribution < -0.4 is 10.1 Å². The highest BCUT2D eigenvalue weighted by Gasteiger charge is 2.27. The fraction of sp³-hybridized carbons (Fsp3) is 0.435. The number of pyridine rings is 1. The summed E-state index contributed by atoms with van der Waals surface area (Å²) in [6.45, 7) is 6.39. The molecule has 7 nitrogen and oxygen atoms in total. The lowest BCUT2D eigenvalue weighted by molar-refractivity contribution is 0.0938. The second-order valence-electron chi connectivity index (χ2n) is 7.93. The molecule has 1 unspecified atom stereocenters. The summed E-state index contributed by atoms with van der Waals surface area (Å²) in [5.74, 6) is 0.759. The molecule has 0 saturated carbocycles. The molecule has 0 aliphatic carbocycles.